The molecule has 1 fully saturated rings. The molecule has 0 aromatic carbocycles. The van der Waals surface area contributed by atoms with Crippen LogP contribution in [0.2, 0.25) is 0 Å². The number of unbranched alkanes of at least 4 members (excludes halogenated alkanes) is 1. The highest BCUT2D eigenvalue weighted by molar-refractivity contribution is 14.0. The summed E-state index contributed by atoms with van der Waals surface area (Å²) in [5, 5.41) is 9.55. The summed E-state index contributed by atoms with van der Waals surface area (Å²) >= 11 is 0. The molecule has 7 nitrogen and oxygen atoms in total. The van der Waals surface area contributed by atoms with E-state index >= 15 is 0 Å². The smallest absolute Gasteiger partial charge is 0.407 e. The second-order valence-corrected chi connectivity index (χ2v) is 7.45. The molecule has 8 heteroatoms. The molecule has 1 heterocycles. The summed E-state index contributed by atoms with van der Waals surface area (Å²) < 4.78 is 10.9. The maximum atomic E-state index is 11.9. The number of nitrogens with one attached hydrogen (secondary N) is 3. The second-order valence-electron chi connectivity index (χ2n) is 7.45. The fourth-order valence-corrected chi connectivity index (χ4v) is 2.60. The summed E-state index contributed by atoms with van der Waals surface area (Å²) in [5.74, 6) is 0.739. The van der Waals surface area contributed by atoms with Crippen LogP contribution in [0.25, 0.3) is 0 Å². The number of alkyl carbamates (subject to hydrolysis) is 1. The molecule has 0 radical (unpaired) electrons. The van der Waals surface area contributed by atoms with Gasteiger partial charge in [-0.1, -0.05) is 19.8 Å². The molecule has 1 saturated heterocycles. The maximum Gasteiger partial charge on any atom is 0.407 e. The first-order valence-corrected chi connectivity index (χ1v) is 9.39. The summed E-state index contributed by atoms with van der Waals surface area (Å²) in [6.45, 7) is 9.82. The lowest BCUT2D eigenvalue weighted by molar-refractivity contribution is 0.0523. The quantitative estimate of drug-likeness (QED) is 0.280. The van der Waals surface area contributed by atoms with Crippen LogP contribution in [0.4, 0.5) is 4.79 Å². The molecular weight excluding hydrogens is 447 g/mol. The average Bonchev–Trinajstić information content (AvgIpc) is 3.05. The first kappa shape index (κ1) is 25.2. The van der Waals surface area contributed by atoms with Crippen molar-refractivity contribution >= 4 is 36.0 Å². The van der Waals surface area contributed by atoms with E-state index in [1.165, 1.54) is 0 Å². The third kappa shape index (κ3) is 11.8. The molecule has 1 rings (SSSR count). The van der Waals surface area contributed by atoms with E-state index in [0.29, 0.717) is 6.54 Å². The predicted molar refractivity (Wildman–Crippen MR) is 116 cm³/mol. The van der Waals surface area contributed by atoms with Crippen molar-refractivity contribution in [3.05, 3.63) is 0 Å². The van der Waals surface area contributed by atoms with Gasteiger partial charge in [-0.3, -0.25) is 4.99 Å². The standard InChI is InChI=1S/C18H36N4O3.HI/c1-6-7-9-14(12-21-17(23)25-18(2,3)4)22-16(19-5)20-13-15-10-8-11-24-15;/h14-15H,6-13H2,1-5H3,(H,21,23)(H2,19,20,22);1H. The van der Waals surface area contributed by atoms with E-state index in [4.69, 9.17) is 9.47 Å². The summed E-state index contributed by atoms with van der Waals surface area (Å²) in [4.78, 5) is 16.1. The third-order valence-electron chi connectivity index (χ3n) is 3.88. The van der Waals surface area contributed by atoms with Crippen LogP contribution in [0.1, 0.15) is 59.8 Å². The summed E-state index contributed by atoms with van der Waals surface area (Å²) in [7, 11) is 1.75. The summed E-state index contributed by atoms with van der Waals surface area (Å²) in [6, 6.07) is 0.100. The van der Waals surface area contributed by atoms with E-state index in [0.717, 1.165) is 51.2 Å². The van der Waals surface area contributed by atoms with Gasteiger partial charge in [-0.15, -0.1) is 24.0 Å². The van der Waals surface area contributed by atoms with E-state index in [2.05, 4.69) is 27.9 Å². The lowest BCUT2D eigenvalue weighted by atomic mass is 10.1. The highest BCUT2D eigenvalue weighted by Gasteiger charge is 2.19. The summed E-state index contributed by atoms with van der Waals surface area (Å²) in [6.07, 6.45) is 5.21. The Morgan fingerprint density at radius 1 is 1.35 bits per heavy atom. The van der Waals surface area contributed by atoms with Crippen LogP contribution in [0.15, 0.2) is 4.99 Å². The number of hydrogen-bond donors (Lipinski definition) is 3. The lowest BCUT2D eigenvalue weighted by Gasteiger charge is -2.24. The SMILES string of the molecule is CCCCC(CNC(=O)OC(C)(C)C)NC(=NC)NCC1CCCO1.I. The summed E-state index contributed by atoms with van der Waals surface area (Å²) in [5.41, 5.74) is -0.491. The van der Waals surface area contributed by atoms with Crippen molar-refractivity contribution in [1.29, 1.82) is 0 Å². The Hall–Kier alpha value is -0.770. The van der Waals surface area contributed by atoms with E-state index in [9.17, 15) is 4.79 Å². The molecule has 0 bridgehead atoms. The van der Waals surface area contributed by atoms with Gasteiger partial charge in [0.05, 0.1) is 6.10 Å². The minimum Gasteiger partial charge on any atom is -0.444 e. The Morgan fingerprint density at radius 2 is 2.08 bits per heavy atom. The number of aliphatic imine (C=N–C) groups is 1. The number of nitrogens with zero attached hydrogens (tertiary/aromatic N) is 1. The molecule has 3 N–H and O–H groups in total. The van der Waals surface area contributed by atoms with Crippen molar-refractivity contribution < 1.29 is 14.3 Å². The Bertz CT molecular complexity index is 421. The van der Waals surface area contributed by atoms with Crippen molar-refractivity contribution in [1.82, 2.24) is 16.0 Å². The molecule has 1 aliphatic heterocycles. The van der Waals surface area contributed by atoms with Crippen LogP contribution in [0.5, 0.6) is 0 Å². The van der Waals surface area contributed by atoms with Gasteiger partial charge in [0.25, 0.3) is 0 Å². The molecule has 154 valence electrons. The zero-order chi connectivity index (χ0) is 18.7. The van der Waals surface area contributed by atoms with Gasteiger partial charge in [0, 0.05) is 32.8 Å². The zero-order valence-corrected chi connectivity index (χ0v) is 19.2. The lowest BCUT2D eigenvalue weighted by Crippen LogP contribution is -2.50. The largest absolute Gasteiger partial charge is 0.444 e. The van der Waals surface area contributed by atoms with Gasteiger partial charge in [0.15, 0.2) is 5.96 Å². The second kappa shape index (κ2) is 13.4. The molecule has 2 atom stereocenters. The Balaban J connectivity index is 0.00000625. The molecule has 0 aliphatic carbocycles. The molecule has 2 unspecified atom stereocenters. The zero-order valence-electron chi connectivity index (χ0n) is 16.9. The fraction of sp³-hybridized carbons (Fsp3) is 0.889. The van der Waals surface area contributed by atoms with Gasteiger partial charge in [0.1, 0.15) is 5.60 Å². The number of rotatable bonds is 8. The first-order chi connectivity index (χ1) is 11.8. The van der Waals surface area contributed by atoms with Gasteiger partial charge < -0.3 is 25.4 Å². The number of carbonyl (C=O) groups excluding carboxylic acids is 1. The number of halogens is 1. The van der Waals surface area contributed by atoms with E-state index in [-0.39, 0.29) is 36.1 Å². The van der Waals surface area contributed by atoms with Crippen molar-refractivity contribution in [2.45, 2.75) is 77.5 Å². The topological polar surface area (TPSA) is 84.0 Å². The minimum atomic E-state index is -0.491. The number of hydrogen-bond acceptors (Lipinski definition) is 4. The van der Waals surface area contributed by atoms with Crippen molar-refractivity contribution in [3.8, 4) is 0 Å². The maximum absolute atomic E-state index is 11.9. The van der Waals surface area contributed by atoms with Crippen LogP contribution in [-0.2, 0) is 9.47 Å². The Kier molecular flexibility index (Phi) is 13.0. The van der Waals surface area contributed by atoms with E-state index in [1.807, 2.05) is 20.8 Å². The first-order valence-electron chi connectivity index (χ1n) is 9.39. The number of amides is 1. The number of guanidine groups is 1. The third-order valence-corrected chi connectivity index (χ3v) is 3.88. The van der Waals surface area contributed by atoms with E-state index < -0.39 is 11.7 Å². The van der Waals surface area contributed by atoms with Crippen LogP contribution in [0.3, 0.4) is 0 Å². The molecule has 0 saturated carbocycles. The van der Waals surface area contributed by atoms with Crippen LogP contribution < -0.4 is 16.0 Å². The molecule has 0 aromatic heterocycles. The highest BCUT2D eigenvalue weighted by Crippen LogP contribution is 2.10. The fourth-order valence-electron chi connectivity index (χ4n) is 2.60. The van der Waals surface area contributed by atoms with Gasteiger partial charge in [-0.05, 0) is 40.0 Å². The normalized spacial score (nSPS) is 18.7. The molecule has 1 aliphatic rings. The van der Waals surface area contributed by atoms with Gasteiger partial charge in [-0.2, -0.15) is 0 Å². The molecule has 1 amide bonds. The van der Waals surface area contributed by atoms with Crippen LogP contribution in [0, 0.1) is 0 Å². The number of ether oxygens (including phenoxy) is 2. The highest BCUT2D eigenvalue weighted by atomic mass is 127. The van der Waals surface area contributed by atoms with Crippen molar-refractivity contribution in [2.75, 3.05) is 26.7 Å². The molecule has 0 spiro atoms. The monoisotopic (exact) mass is 484 g/mol. The van der Waals surface area contributed by atoms with Gasteiger partial charge in [0.2, 0.25) is 0 Å². The van der Waals surface area contributed by atoms with E-state index in [1.54, 1.807) is 7.05 Å². The predicted octanol–water partition coefficient (Wildman–Crippen LogP) is 3.03. The molecule has 0 aromatic rings. The average molecular weight is 484 g/mol. The minimum absolute atomic E-state index is 0. The van der Waals surface area contributed by atoms with Crippen molar-refractivity contribution in [2.24, 2.45) is 4.99 Å². The molecule has 26 heavy (non-hydrogen) atoms. The van der Waals surface area contributed by atoms with Crippen LogP contribution in [-0.4, -0.2) is 56.5 Å². The Morgan fingerprint density at radius 3 is 2.62 bits per heavy atom. The molecular formula is C18H37IN4O3. The van der Waals surface area contributed by atoms with Gasteiger partial charge in [-0.25, -0.2) is 4.79 Å². The van der Waals surface area contributed by atoms with Crippen LogP contribution >= 0.6 is 24.0 Å². The Labute approximate surface area is 175 Å². The van der Waals surface area contributed by atoms with Gasteiger partial charge >= 0.3 is 6.09 Å². The number of carbonyl (C=O) groups is 1. The van der Waals surface area contributed by atoms with Crippen molar-refractivity contribution in [3.63, 3.8) is 0 Å².